The van der Waals surface area contributed by atoms with Crippen LogP contribution in [0, 0.1) is 11.7 Å². The standard InChI is InChI=1S/C33H46FN3O7/c1-33(2,3)44-32(41)35-27(18-23-14-16-26(34)17-15-23)20-37(29(21-38)30(39)42-4)19-25-12-8-9-13-28(25)36-31(40)43-22-24-10-6-5-7-11-24/h5-7,10-11,14-17,25,27-29,38H,8-9,12-13,18-22H2,1-4H3,(H,35,41)(H,36,40)/t25-,27+,28+,29-/m0/s1. The molecule has 2 amide bonds. The summed E-state index contributed by atoms with van der Waals surface area (Å²) in [7, 11) is 1.26. The molecule has 3 rings (SSSR count). The Hall–Kier alpha value is -3.70. The molecule has 242 valence electrons. The fourth-order valence-corrected chi connectivity index (χ4v) is 5.46. The first-order valence-electron chi connectivity index (χ1n) is 15.1. The first-order valence-corrected chi connectivity index (χ1v) is 15.1. The van der Waals surface area contributed by atoms with E-state index in [1.54, 1.807) is 37.8 Å². The fraction of sp³-hybridized carbons (Fsp3) is 0.545. The largest absolute Gasteiger partial charge is 0.468 e. The smallest absolute Gasteiger partial charge is 0.407 e. The van der Waals surface area contributed by atoms with Crippen LogP contribution in [-0.2, 0) is 32.0 Å². The van der Waals surface area contributed by atoms with Crippen LogP contribution in [0.5, 0.6) is 0 Å². The first kappa shape index (κ1) is 34.8. The molecule has 0 aliphatic heterocycles. The van der Waals surface area contributed by atoms with Gasteiger partial charge in [-0.3, -0.25) is 9.69 Å². The van der Waals surface area contributed by atoms with Crippen LogP contribution in [0.2, 0.25) is 0 Å². The highest BCUT2D eigenvalue weighted by molar-refractivity contribution is 5.76. The van der Waals surface area contributed by atoms with Crippen LogP contribution < -0.4 is 10.6 Å². The number of hydrogen-bond donors (Lipinski definition) is 3. The minimum atomic E-state index is -1.01. The number of amides is 2. The highest BCUT2D eigenvalue weighted by atomic mass is 19.1. The summed E-state index contributed by atoms with van der Waals surface area (Å²) in [5.41, 5.74) is 0.909. The van der Waals surface area contributed by atoms with Gasteiger partial charge in [0.1, 0.15) is 24.1 Å². The summed E-state index contributed by atoms with van der Waals surface area (Å²) in [6.45, 7) is 5.40. The van der Waals surface area contributed by atoms with E-state index >= 15 is 0 Å². The number of nitrogens with one attached hydrogen (secondary N) is 2. The number of alkyl carbamates (subject to hydrolysis) is 2. The lowest BCUT2D eigenvalue weighted by Crippen LogP contribution is -2.56. The van der Waals surface area contributed by atoms with E-state index in [2.05, 4.69) is 10.6 Å². The normalized spacial score (nSPS) is 18.2. The third-order valence-corrected chi connectivity index (χ3v) is 7.55. The van der Waals surface area contributed by atoms with E-state index in [9.17, 15) is 23.9 Å². The highest BCUT2D eigenvalue weighted by Gasteiger charge is 2.35. The van der Waals surface area contributed by atoms with Gasteiger partial charge in [-0.05, 0) is 69.2 Å². The van der Waals surface area contributed by atoms with Gasteiger partial charge in [0.25, 0.3) is 0 Å². The van der Waals surface area contributed by atoms with E-state index in [1.165, 1.54) is 19.2 Å². The second-order valence-electron chi connectivity index (χ2n) is 12.2. The molecule has 0 bridgehead atoms. The molecule has 10 nitrogen and oxygen atoms in total. The summed E-state index contributed by atoms with van der Waals surface area (Å²) in [4.78, 5) is 40.2. The average molecular weight is 616 g/mol. The van der Waals surface area contributed by atoms with E-state index in [1.807, 2.05) is 30.3 Å². The summed E-state index contributed by atoms with van der Waals surface area (Å²) in [5.74, 6) is -1.07. The zero-order valence-electron chi connectivity index (χ0n) is 26.1. The molecule has 0 radical (unpaired) electrons. The molecule has 0 saturated heterocycles. The van der Waals surface area contributed by atoms with Gasteiger partial charge in [0, 0.05) is 25.2 Å². The van der Waals surface area contributed by atoms with Crippen LogP contribution in [0.1, 0.15) is 57.6 Å². The Morgan fingerprint density at radius 2 is 1.68 bits per heavy atom. The van der Waals surface area contributed by atoms with Crippen LogP contribution >= 0.6 is 0 Å². The molecule has 1 fully saturated rings. The Morgan fingerprint density at radius 1 is 1.00 bits per heavy atom. The number of carbonyl (C=O) groups is 3. The molecule has 1 aliphatic rings. The Labute approximate surface area is 259 Å². The van der Waals surface area contributed by atoms with E-state index < -0.39 is 42.4 Å². The SMILES string of the molecule is COC(=O)[C@H](CO)N(C[C@@H](Cc1ccc(F)cc1)NC(=O)OC(C)(C)C)C[C@@H]1CCCC[C@H]1NC(=O)OCc1ccccc1. The number of aliphatic hydroxyl groups excluding tert-OH is 1. The molecular weight excluding hydrogens is 569 g/mol. The molecule has 0 aromatic heterocycles. The van der Waals surface area contributed by atoms with Gasteiger partial charge in [0.05, 0.1) is 13.7 Å². The third-order valence-electron chi connectivity index (χ3n) is 7.55. The van der Waals surface area contributed by atoms with Crippen LogP contribution in [0.3, 0.4) is 0 Å². The zero-order chi connectivity index (χ0) is 32.1. The van der Waals surface area contributed by atoms with E-state index in [0.29, 0.717) is 13.0 Å². The molecule has 1 saturated carbocycles. The van der Waals surface area contributed by atoms with Crippen LogP contribution in [-0.4, -0.2) is 78.7 Å². The van der Waals surface area contributed by atoms with Crippen LogP contribution in [0.15, 0.2) is 54.6 Å². The topological polar surface area (TPSA) is 126 Å². The van der Waals surface area contributed by atoms with Gasteiger partial charge in [0.2, 0.25) is 0 Å². The lowest BCUT2D eigenvalue weighted by molar-refractivity contribution is -0.149. The van der Waals surface area contributed by atoms with Gasteiger partial charge in [-0.1, -0.05) is 55.3 Å². The van der Waals surface area contributed by atoms with Crippen LogP contribution in [0.4, 0.5) is 14.0 Å². The Kier molecular flexibility index (Phi) is 13.4. The fourth-order valence-electron chi connectivity index (χ4n) is 5.46. The summed E-state index contributed by atoms with van der Waals surface area (Å²) in [5, 5.41) is 16.2. The molecule has 2 aromatic carbocycles. The predicted octanol–water partition coefficient (Wildman–Crippen LogP) is 4.58. The average Bonchev–Trinajstić information content (AvgIpc) is 2.98. The number of ether oxygens (including phenoxy) is 3. The van der Waals surface area contributed by atoms with Gasteiger partial charge in [-0.15, -0.1) is 0 Å². The molecular formula is C33H46FN3O7. The maximum absolute atomic E-state index is 13.6. The second-order valence-corrected chi connectivity index (χ2v) is 12.2. The van der Waals surface area contributed by atoms with Crippen molar-refractivity contribution in [2.45, 2.75) is 83.2 Å². The zero-order valence-corrected chi connectivity index (χ0v) is 26.1. The van der Waals surface area contributed by atoms with Crippen LogP contribution in [0.25, 0.3) is 0 Å². The summed E-state index contributed by atoms with van der Waals surface area (Å²) in [6, 6.07) is 13.6. The number of esters is 1. The van der Waals surface area contributed by atoms with Gasteiger partial charge < -0.3 is 30.0 Å². The van der Waals surface area contributed by atoms with Crippen molar-refractivity contribution in [3.05, 3.63) is 71.5 Å². The Balaban J connectivity index is 1.80. The lowest BCUT2D eigenvalue weighted by Gasteiger charge is -2.39. The summed E-state index contributed by atoms with van der Waals surface area (Å²) in [6.07, 6.45) is 2.53. The lowest BCUT2D eigenvalue weighted by atomic mass is 9.83. The number of methoxy groups -OCH3 is 1. The number of benzene rings is 2. The monoisotopic (exact) mass is 615 g/mol. The van der Waals surface area contributed by atoms with Crippen molar-refractivity contribution >= 4 is 18.2 Å². The quantitative estimate of drug-likeness (QED) is 0.221. The van der Waals surface area contributed by atoms with Crippen molar-refractivity contribution in [2.75, 3.05) is 26.8 Å². The third kappa shape index (κ3) is 11.8. The molecule has 1 aliphatic carbocycles. The van der Waals surface area contributed by atoms with Crippen molar-refractivity contribution in [1.82, 2.24) is 15.5 Å². The number of hydrogen-bond acceptors (Lipinski definition) is 8. The molecule has 11 heteroatoms. The molecule has 2 aromatic rings. The Bertz CT molecular complexity index is 1190. The van der Waals surface area contributed by atoms with Crippen molar-refractivity contribution in [3.8, 4) is 0 Å². The number of carbonyl (C=O) groups excluding carboxylic acids is 3. The van der Waals surface area contributed by atoms with Gasteiger partial charge in [-0.25, -0.2) is 14.0 Å². The summed E-state index contributed by atoms with van der Waals surface area (Å²) >= 11 is 0. The molecule has 4 atom stereocenters. The number of aliphatic hydroxyl groups is 1. The van der Waals surface area contributed by atoms with E-state index in [-0.39, 0.29) is 30.9 Å². The number of halogens is 1. The van der Waals surface area contributed by atoms with Crippen molar-refractivity contribution in [1.29, 1.82) is 0 Å². The maximum atomic E-state index is 13.6. The maximum Gasteiger partial charge on any atom is 0.407 e. The van der Waals surface area contributed by atoms with Gasteiger partial charge in [0.15, 0.2) is 0 Å². The van der Waals surface area contributed by atoms with E-state index in [4.69, 9.17) is 14.2 Å². The van der Waals surface area contributed by atoms with E-state index in [0.717, 1.165) is 36.8 Å². The molecule has 0 spiro atoms. The Morgan fingerprint density at radius 3 is 2.32 bits per heavy atom. The molecule has 0 unspecified atom stereocenters. The minimum Gasteiger partial charge on any atom is -0.468 e. The minimum absolute atomic E-state index is 0.0697. The van der Waals surface area contributed by atoms with Gasteiger partial charge >= 0.3 is 18.2 Å². The molecule has 44 heavy (non-hydrogen) atoms. The van der Waals surface area contributed by atoms with Crippen molar-refractivity contribution in [3.63, 3.8) is 0 Å². The van der Waals surface area contributed by atoms with Crippen molar-refractivity contribution in [2.24, 2.45) is 5.92 Å². The second kappa shape index (κ2) is 17.0. The number of rotatable bonds is 13. The predicted molar refractivity (Wildman–Crippen MR) is 163 cm³/mol. The summed E-state index contributed by atoms with van der Waals surface area (Å²) < 4.78 is 29.6. The first-order chi connectivity index (χ1) is 21.0. The van der Waals surface area contributed by atoms with Gasteiger partial charge in [-0.2, -0.15) is 0 Å². The number of nitrogens with zero attached hydrogens (tertiary/aromatic N) is 1. The molecule has 0 heterocycles. The molecule has 3 N–H and O–H groups in total. The highest BCUT2D eigenvalue weighted by Crippen LogP contribution is 2.27. The van der Waals surface area contributed by atoms with Crippen molar-refractivity contribution < 1.29 is 38.1 Å².